The average molecular weight is 222 g/mol. The van der Waals surface area contributed by atoms with Crippen LogP contribution in [0.1, 0.15) is 5.56 Å². The predicted octanol–water partition coefficient (Wildman–Crippen LogP) is 2.88. The third-order valence-corrected chi connectivity index (χ3v) is 2.52. The Morgan fingerprint density at radius 1 is 1.27 bits per heavy atom. The van der Waals surface area contributed by atoms with Gasteiger partial charge in [-0.15, -0.1) is 0 Å². The summed E-state index contributed by atoms with van der Waals surface area (Å²) in [7, 11) is 1.83. The van der Waals surface area contributed by atoms with Crippen molar-refractivity contribution < 1.29 is 0 Å². The number of anilines is 1. The maximum atomic E-state index is 5.98. The van der Waals surface area contributed by atoms with Crippen molar-refractivity contribution in [1.29, 1.82) is 0 Å². The average Bonchev–Trinajstić information content (AvgIpc) is 2.61. The summed E-state index contributed by atoms with van der Waals surface area (Å²) < 4.78 is 1.78. The standard InChI is InChI=1S/C11H12ClN3/c1-8-3-5-9(6-4-8)15-11(13-2)10(12)7-14-15/h3-7,13H,1-2H3. The molecule has 0 radical (unpaired) electrons. The van der Waals surface area contributed by atoms with Crippen molar-refractivity contribution in [3.8, 4) is 5.69 Å². The number of nitrogens with one attached hydrogen (secondary N) is 1. The molecule has 0 atom stereocenters. The highest BCUT2D eigenvalue weighted by Gasteiger charge is 2.08. The molecule has 0 unspecified atom stereocenters. The van der Waals surface area contributed by atoms with Gasteiger partial charge in [-0.1, -0.05) is 29.3 Å². The summed E-state index contributed by atoms with van der Waals surface area (Å²) in [5, 5.41) is 7.86. The molecule has 15 heavy (non-hydrogen) atoms. The van der Waals surface area contributed by atoms with Gasteiger partial charge in [0.15, 0.2) is 0 Å². The summed E-state index contributed by atoms with van der Waals surface area (Å²) in [5.74, 6) is 0.806. The van der Waals surface area contributed by atoms with E-state index >= 15 is 0 Å². The van der Waals surface area contributed by atoms with Crippen LogP contribution in [0.2, 0.25) is 5.02 Å². The predicted molar refractivity (Wildman–Crippen MR) is 62.9 cm³/mol. The van der Waals surface area contributed by atoms with Crippen molar-refractivity contribution in [2.24, 2.45) is 0 Å². The summed E-state index contributed by atoms with van der Waals surface area (Å²) in [6.07, 6.45) is 1.63. The number of benzene rings is 1. The number of hydrogen-bond acceptors (Lipinski definition) is 2. The molecule has 1 N–H and O–H groups in total. The third kappa shape index (κ3) is 1.83. The minimum atomic E-state index is 0.623. The van der Waals surface area contributed by atoms with Gasteiger partial charge in [0, 0.05) is 7.05 Å². The maximum absolute atomic E-state index is 5.98. The highest BCUT2D eigenvalue weighted by Crippen LogP contribution is 2.23. The zero-order valence-corrected chi connectivity index (χ0v) is 9.42. The molecule has 0 spiro atoms. The summed E-state index contributed by atoms with van der Waals surface area (Å²) in [6, 6.07) is 8.12. The molecule has 0 aliphatic carbocycles. The van der Waals surface area contributed by atoms with Crippen molar-refractivity contribution >= 4 is 17.4 Å². The molecule has 1 aromatic heterocycles. The van der Waals surface area contributed by atoms with Gasteiger partial charge >= 0.3 is 0 Å². The molecule has 2 rings (SSSR count). The van der Waals surface area contributed by atoms with E-state index < -0.39 is 0 Å². The normalized spacial score (nSPS) is 10.3. The molecule has 3 nitrogen and oxygen atoms in total. The number of rotatable bonds is 2. The first-order valence-electron chi connectivity index (χ1n) is 4.70. The summed E-state index contributed by atoms with van der Waals surface area (Å²) >= 11 is 5.98. The molecule has 1 aromatic carbocycles. The van der Waals surface area contributed by atoms with E-state index in [-0.39, 0.29) is 0 Å². The number of nitrogens with zero attached hydrogens (tertiary/aromatic N) is 2. The van der Waals surface area contributed by atoms with Crippen LogP contribution >= 0.6 is 11.6 Å². The zero-order chi connectivity index (χ0) is 10.8. The second-order valence-electron chi connectivity index (χ2n) is 3.34. The fourth-order valence-electron chi connectivity index (χ4n) is 1.44. The number of hydrogen-bond donors (Lipinski definition) is 1. The lowest BCUT2D eigenvalue weighted by molar-refractivity contribution is 0.885. The van der Waals surface area contributed by atoms with Crippen LogP contribution in [0.3, 0.4) is 0 Å². The largest absolute Gasteiger partial charge is 0.372 e. The van der Waals surface area contributed by atoms with Crippen LogP contribution in [0.15, 0.2) is 30.5 Å². The van der Waals surface area contributed by atoms with E-state index in [4.69, 9.17) is 11.6 Å². The molecular formula is C11H12ClN3. The van der Waals surface area contributed by atoms with Gasteiger partial charge in [-0.05, 0) is 19.1 Å². The second kappa shape index (κ2) is 3.95. The minimum absolute atomic E-state index is 0.623. The van der Waals surface area contributed by atoms with Crippen molar-refractivity contribution in [2.45, 2.75) is 6.92 Å². The van der Waals surface area contributed by atoms with Gasteiger partial charge in [-0.3, -0.25) is 0 Å². The van der Waals surface area contributed by atoms with E-state index in [2.05, 4.69) is 17.3 Å². The highest BCUT2D eigenvalue weighted by atomic mass is 35.5. The van der Waals surface area contributed by atoms with E-state index in [1.54, 1.807) is 10.9 Å². The molecule has 0 amide bonds. The summed E-state index contributed by atoms with van der Waals surface area (Å²) in [4.78, 5) is 0. The number of halogens is 1. The van der Waals surface area contributed by atoms with E-state index in [0.717, 1.165) is 11.5 Å². The quantitative estimate of drug-likeness (QED) is 0.845. The molecule has 0 bridgehead atoms. The lowest BCUT2D eigenvalue weighted by atomic mass is 10.2. The van der Waals surface area contributed by atoms with Crippen LogP contribution in [0, 0.1) is 6.92 Å². The van der Waals surface area contributed by atoms with Crippen LogP contribution in [0.25, 0.3) is 5.69 Å². The topological polar surface area (TPSA) is 29.9 Å². The smallest absolute Gasteiger partial charge is 0.148 e. The Kier molecular flexibility index (Phi) is 2.64. The molecule has 0 fully saturated rings. The molecule has 0 aliphatic rings. The first-order valence-corrected chi connectivity index (χ1v) is 5.08. The molecule has 0 saturated carbocycles. The van der Waals surface area contributed by atoms with Gasteiger partial charge in [0.05, 0.1) is 11.9 Å². The summed E-state index contributed by atoms with van der Waals surface area (Å²) in [6.45, 7) is 2.05. The van der Waals surface area contributed by atoms with Crippen molar-refractivity contribution in [3.63, 3.8) is 0 Å². The van der Waals surface area contributed by atoms with Crippen molar-refractivity contribution in [3.05, 3.63) is 41.0 Å². The zero-order valence-electron chi connectivity index (χ0n) is 8.66. The fourth-order valence-corrected chi connectivity index (χ4v) is 1.65. The second-order valence-corrected chi connectivity index (χ2v) is 3.75. The maximum Gasteiger partial charge on any atom is 0.148 e. The minimum Gasteiger partial charge on any atom is -0.372 e. The SMILES string of the molecule is CNc1c(Cl)cnn1-c1ccc(C)cc1. The Balaban J connectivity index is 2.49. The number of aryl methyl sites for hydroxylation is 1. The molecule has 2 aromatic rings. The van der Waals surface area contributed by atoms with Gasteiger partial charge in [-0.25, -0.2) is 4.68 Å². The van der Waals surface area contributed by atoms with Crippen molar-refractivity contribution in [2.75, 3.05) is 12.4 Å². The van der Waals surface area contributed by atoms with E-state index in [9.17, 15) is 0 Å². The van der Waals surface area contributed by atoms with Gasteiger partial charge in [0.25, 0.3) is 0 Å². The molecular weight excluding hydrogens is 210 g/mol. The third-order valence-electron chi connectivity index (χ3n) is 2.24. The molecule has 4 heteroatoms. The fraction of sp³-hybridized carbons (Fsp3) is 0.182. The van der Waals surface area contributed by atoms with Gasteiger partial charge in [0.2, 0.25) is 0 Å². The van der Waals surface area contributed by atoms with Crippen LogP contribution in [0.4, 0.5) is 5.82 Å². The molecule has 78 valence electrons. The lowest BCUT2D eigenvalue weighted by Crippen LogP contribution is -2.02. The first kappa shape index (κ1) is 10.1. The monoisotopic (exact) mass is 221 g/mol. The Morgan fingerprint density at radius 2 is 1.93 bits per heavy atom. The van der Waals surface area contributed by atoms with E-state index in [1.165, 1.54) is 5.56 Å². The summed E-state index contributed by atoms with van der Waals surface area (Å²) in [5.41, 5.74) is 2.22. The van der Waals surface area contributed by atoms with Crippen LogP contribution < -0.4 is 5.32 Å². The highest BCUT2D eigenvalue weighted by molar-refractivity contribution is 6.32. The van der Waals surface area contributed by atoms with Crippen LogP contribution in [-0.2, 0) is 0 Å². The van der Waals surface area contributed by atoms with E-state index in [0.29, 0.717) is 5.02 Å². The Morgan fingerprint density at radius 3 is 2.53 bits per heavy atom. The first-order chi connectivity index (χ1) is 7.22. The Bertz CT molecular complexity index is 459. The van der Waals surface area contributed by atoms with E-state index in [1.807, 2.05) is 31.3 Å². The molecule has 0 aliphatic heterocycles. The number of aromatic nitrogens is 2. The Labute approximate surface area is 93.7 Å². The van der Waals surface area contributed by atoms with Crippen LogP contribution in [-0.4, -0.2) is 16.8 Å². The van der Waals surface area contributed by atoms with Gasteiger partial charge in [0.1, 0.15) is 10.8 Å². The lowest BCUT2D eigenvalue weighted by Gasteiger charge is -2.07. The Hall–Kier alpha value is -1.48. The van der Waals surface area contributed by atoms with Crippen LogP contribution in [0.5, 0.6) is 0 Å². The molecule has 1 heterocycles. The van der Waals surface area contributed by atoms with Gasteiger partial charge < -0.3 is 5.32 Å². The molecule has 0 saturated heterocycles. The van der Waals surface area contributed by atoms with Crippen molar-refractivity contribution in [1.82, 2.24) is 9.78 Å². The van der Waals surface area contributed by atoms with Gasteiger partial charge in [-0.2, -0.15) is 5.10 Å².